The maximum atomic E-state index is 13.1. The Hall–Kier alpha value is -3.61. The summed E-state index contributed by atoms with van der Waals surface area (Å²) in [6.07, 6.45) is 10.6. The molecule has 6 heterocycles. The number of piperidine rings is 2. The van der Waals surface area contributed by atoms with E-state index in [1.54, 1.807) is 19.2 Å². The zero-order valence-electron chi connectivity index (χ0n) is 27.6. The molecular weight excluding hydrogens is 643 g/mol. The van der Waals surface area contributed by atoms with Crippen LogP contribution in [0.3, 0.4) is 0 Å². The molecule has 252 valence electrons. The van der Waals surface area contributed by atoms with Gasteiger partial charge in [0, 0.05) is 47.4 Å². The number of aromatic nitrogens is 4. The van der Waals surface area contributed by atoms with Crippen LogP contribution in [-0.4, -0.2) is 71.3 Å². The summed E-state index contributed by atoms with van der Waals surface area (Å²) in [6, 6.07) is 19.9. The molecule has 2 aromatic heterocycles. The van der Waals surface area contributed by atoms with E-state index in [9.17, 15) is 8.42 Å². The van der Waals surface area contributed by atoms with Crippen LogP contribution in [0.1, 0.15) is 62.6 Å². The lowest BCUT2D eigenvalue weighted by molar-refractivity contribution is -0.170. The maximum absolute atomic E-state index is 13.1. The number of aromatic amines is 1. The number of anilines is 3. The van der Waals surface area contributed by atoms with Gasteiger partial charge in [0.25, 0.3) is 0 Å². The summed E-state index contributed by atoms with van der Waals surface area (Å²) in [6.45, 7) is 3.78. The van der Waals surface area contributed by atoms with E-state index in [4.69, 9.17) is 14.7 Å². The molecule has 2 unspecified atom stereocenters. The predicted molar refractivity (Wildman–Crippen MR) is 188 cm³/mol. The molecule has 48 heavy (non-hydrogen) atoms. The van der Waals surface area contributed by atoms with Gasteiger partial charge in [0.1, 0.15) is 0 Å². The van der Waals surface area contributed by atoms with Gasteiger partial charge in [-0.25, -0.2) is 18.4 Å². The Morgan fingerprint density at radius 2 is 1.73 bits per heavy atom. The van der Waals surface area contributed by atoms with Crippen molar-refractivity contribution < 1.29 is 13.2 Å². The van der Waals surface area contributed by atoms with Gasteiger partial charge in [0.2, 0.25) is 5.75 Å². The average molecular weight is 686 g/mol. The molecule has 0 aliphatic carbocycles. The van der Waals surface area contributed by atoms with Crippen molar-refractivity contribution in [2.75, 3.05) is 30.4 Å². The topological polar surface area (TPSA) is 116 Å². The van der Waals surface area contributed by atoms with Crippen molar-refractivity contribution in [3.05, 3.63) is 71.9 Å². The standard InChI is InChI=1S/C36H43N7O3S2/c1-24-20-31(41-40-24)37-33-32(46-2)34(42-18-15-25(16-19-42)14-17-36-21-27-8-9-28(22-36)43(27)36)39-35(38-33)47-29-10-12-30(13-11-29)48(44,45)23-26-6-4-3-5-7-26/h3-7,10-13,20,25,27-28H,8-9,14-19,21-23H2,1-2H3,(H2,37,38,39,40,41). The summed E-state index contributed by atoms with van der Waals surface area (Å²) < 4.78 is 32.1. The SMILES string of the molecule is COc1c(Nc2cc(C)[nH]n2)nc(Sc2ccc(S(=O)(=O)Cc3ccccc3)cc2)nc1N1CCC(CCC23CC4CCC(C2)N43)CC1. The van der Waals surface area contributed by atoms with E-state index in [-0.39, 0.29) is 5.75 Å². The highest BCUT2D eigenvalue weighted by atomic mass is 32.2. The number of rotatable bonds is 12. The molecule has 0 radical (unpaired) electrons. The number of nitrogens with zero attached hydrogens (tertiary/aromatic N) is 5. The lowest BCUT2D eigenvalue weighted by Gasteiger charge is -2.67. The fourth-order valence-electron chi connectivity index (χ4n) is 8.57. The predicted octanol–water partition coefficient (Wildman–Crippen LogP) is 6.76. The summed E-state index contributed by atoms with van der Waals surface area (Å²) in [7, 11) is -1.82. The number of nitrogens with one attached hydrogen (secondary N) is 2. The van der Waals surface area contributed by atoms with Gasteiger partial charge in [0.05, 0.1) is 17.8 Å². The van der Waals surface area contributed by atoms with Crippen LogP contribution >= 0.6 is 11.8 Å². The number of benzene rings is 2. The van der Waals surface area contributed by atoms with E-state index >= 15 is 0 Å². The summed E-state index contributed by atoms with van der Waals surface area (Å²) in [5.74, 6) is 3.25. The van der Waals surface area contributed by atoms with Crippen molar-refractivity contribution in [3.63, 3.8) is 0 Å². The lowest BCUT2D eigenvalue weighted by Crippen LogP contribution is -2.74. The van der Waals surface area contributed by atoms with Crippen LogP contribution in [0.4, 0.5) is 17.5 Å². The molecule has 12 heteroatoms. The van der Waals surface area contributed by atoms with Gasteiger partial charge in [-0.05, 0) is 106 Å². The van der Waals surface area contributed by atoms with Gasteiger partial charge in [-0.15, -0.1) is 0 Å². The minimum atomic E-state index is -3.48. The summed E-state index contributed by atoms with van der Waals surface area (Å²) in [5.41, 5.74) is 2.24. The van der Waals surface area contributed by atoms with Gasteiger partial charge in [0.15, 0.2) is 32.4 Å². The van der Waals surface area contributed by atoms with E-state index in [0.29, 0.717) is 33.0 Å². The van der Waals surface area contributed by atoms with E-state index in [1.165, 1.54) is 50.3 Å². The molecule has 8 rings (SSSR count). The summed E-state index contributed by atoms with van der Waals surface area (Å²) >= 11 is 1.40. The van der Waals surface area contributed by atoms with E-state index < -0.39 is 9.84 Å². The fraction of sp³-hybridized carbons (Fsp3) is 0.472. The molecule has 0 amide bonds. The van der Waals surface area contributed by atoms with Gasteiger partial charge >= 0.3 is 0 Å². The van der Waals surface area contributed by atoms with Gasteiger partial charge in [-0.2, -0.15) is 5.10 Å². The second-order valence-electron chi connectivity index (χ2n) is 14.0. The molecule has 2 atom stereocenters. The molecule has 4 aromatic rings. The normalized spacial score (nSPS) is 23.8. The molecule has 4 aliphatic heterocycles. The van der Waals surface area contributed by atoms with Crippen molar-refractivity contribution in [3.8, 4) is 5.75 Å². The van der Waals surface area contributed by atoms with Crippen LogP contribution in [0.25, 0.3) is 0 Å². The highest BCUT2D eigenvalue weighted by Crippen LogP contribution is 2.60. The number of ether oxygens (including phenoxy) is 1. The Morgan fingerprint density at radius 1 is 1.00 bits per heavy atom. The van der Waals surface area contributed by atoms with Crippen LogP contribution in [0.15, 0.2) is 75.6 Å². The third kappa shape index (κ3) is 6.07. The molecular formula is C36H43N7O3S2. The monoisotopic (exact) mass is 685 g/mol. The fourth-order valence-corrected chi connectivity index (χ4v) is 10.7. The van der Waals surface area contributed by atoms with Gasteiger partial charge in [-0.3, -0.25) is 10.00 Å². The smallest absolute Gasteiger partial charge is 0.204 e. The highest BCUT2D eigenvalue weighted by Gasteiger charge is 2.64. The highest BCUT2D eigenvalue weighted by molar-refractivity contribution is 7.99. The van der Waals surface area contributed by atoms with Crippen molar-refractivity contribution in [2.45, 2.75) is 96.6 Å². The molecule has 4 saturated heterocycles. The Kier molecular flexibility index (Phi) is 8.36. The summed E-state index contributed by atoms with van der Waals surface area (Å²) in [4.78, 5) is 16.2. The second-order valence-corrected chi connectivity index (χ2v) is 17.0. The average Bonchev–Trinajstić information content (AvgIpc) is 3.53. The number of hydrogen-bond acceptors (Lipinski definition) is 10. The first-order valence-electron chi connectivity index (χ1n) is 17.1. The van der Waals surface area contributed by atoms with Crippen molar-refractivity contribution in [1.29, 1.82) is 0 Å². The van der Waals surface area contributed by atoms with Crippen molar-refractivity contribution in [1.82, 2.24) is 25.1 Å². The quantitative estimate of drug-likeness (QED) is 0.155. The molecule has 2 N–H and O–H groups in total. The lowest BCUT2D eigenvalue weighted by atomic mass is 9.65. The largest absolute Gasteiger partial charge is 0.490 e. The van der Waals surface area contributed by atoms with Crippen molar-refractivity contribution >= 4 is 39.1 Å². The van der Waals surface area contributed by atoms with Crippen LogP contribution in [0.2, 0.25) is 0 Å². The third-order valence-corrected chi connectivity index (χ3v) is 13.5. The van der Waals surface area contributed by atoms with Gasteiger partial charge < -0.3 is 15.0 Å². The third-order valence-electron chi connectivity index (χ3n) is 10.9. The van der Waals surface area contributed by atoms with Crippen LogP contribution in [0.5, 0.6) is 5.75 Å². The summed E-state index contributed by atoms with van der Waals surface area (Å²) in [5, 5.41) is 11.2. The Labute approximate surface area is 287 Å². The molecule has 10 nitrogen and oxygen atoms in total. The van der Waals surface area contributed by atoms with E-state index in [0.717, 1.165) is 65.9 Å². The van der Waals surface area contributed by atoms with Crippen molar-refractivity contribution in [2.24, 2.45) is 5.92 Å². The number of aryl methyl sites for hydroxylation is 1. The first-order valence-corrected chi connectivity index (χ1v) is 19.6. The van der Waals surface area contributed by atoms with E-state index in [1.807, 2.05) is 55.5 Å². The first-order chi connectivity index (χ1) is 23.3. The van der Waals surface area contributed by atoms with Crippen LogP contribution < -0.4 is 15.0 Å². The minimum absolute atomic E-state index is 0.0378. The Bertz CT molecular complexity index is 1860. The van der Waals surface area contributed by atoms with E-state index in [2.05, 4.69) is 25.3 Å². The van der Waals surface area contributed by atoms with Gasteiger partial charge in [-0.1, -0.05) is 30.3 Å². The number of sulfone groups is 1. The van der Waals surface area contributed by atoms with Crippen LogP contribution in [-0.2, 0) is 15.6 Å². The molecule has 0 spiro atoms. The molecule has 4 aliphatic rings. The number of methoxy groups -OCH3 is 1. The Balaban J connectivity index is 0.987. The number of hydrogen-bond donors (Lipinski definition) is 2. The molecule has 0 bridgehead atoms. The second kappa shape index (κ2) is 12.7. The first kappa shape index (κ1) is 31.6. The zero-order chi connectivity index (χ0) is 32.9. The molecule has 0 saturated carbocycles. The molecule has 2 aromatic carbocycles. The molecule has 4 fully saturated rings. The Morgan fingerprint density at radius 3 is 2.40 bits per heavy atom. The zero-order valence-corrected chi connectivity index (χ0v) is 29.2. The maximum Gasteiger partial charge on any atom is 0.204 e. The number of H-pyrrole nitrogens is 1. The minimum Gasteiger partial charge on any atom is -0.490 e. The van der Waals surface area contributed by atoms with Crippen LogP contribution in [0, 0.1) is 12.8 Å².